The molecule has 0 bridgehead atoms. The van der Waals surface area contributed by atoms with E-state index in [-0.39, 0.29) is 6.54 Å². The summed E-state index contributed by atoms with van der Waals surface area (Å²) in [4.78, 5) is 12.7. The average molecular weight is 356 g/mol. The normalized spacial score (nSPS) is 18.9. The van der Waals surface area contributed by atoms with Crippen LogP contribution in [0.2, 0.25) is 0 Å². The molecule has 0 spiro atoms. The third-order valence-corrected chi connectivity index (χ3v) is 4.82. The lowest BCUT2D eigenvalue weighted by molar-refractivity contribution is -0.138. The van der Waals surface area contributed by atoms with E-state index >= 15 is 0 Å². The molecule has 0 aliphatic carbocycles. The Bertz CT molecular complexity index is 492. The number of carboxylic acids is 1. The van der Waals surface area contributed by atoms with Crippen molar-refractivity contribution >= 4 is 21.9 Å². The van der Waals surface area contributed by atoms with E-state index in [9.17, 15) is 4.79 Å². The number of halogens is 1. The number of rotatable bonds is 7. The second-order valence-electron chi connectivity index (χ2n) is 5.64. The van der Waals surface area contributed by atoms with E-state index in [1.165, 1.54) is 0 Å². The van der Waals surface area contributed by atoms with E-state index in [0.717, 1.165) is 48.1 Å². The molecule has 1 N–H and O–H groups in total. The molecule has 0 radical (unpaired) electrons. The fraction of sp³-hybridized carbons (Fsp3) is 0.562. The average Bonchev–Trinajstić information content (AvgIpc) is 2.86. The molecule has 1 heterocycles. The van der Waals surface area contributed by atoms with Gasteiger partial charge in [0.2, 0.25) is 0 Å². The SMILES string of the molecule is Cc1c(Br)cccc1OCCCC1CCN(CC(=O)O)C1. The van der Waals surface area contributed by atoms with Crippen LogP contribution in [0.3, 0.4) is 0 Å². The summed E-state index contributed by atoms with van der Waals surface area (Å²) in [5.74, 6) is 0.809. The summed E-state index contributed by atoms with van der Waals surface area (Å²) in [5, 5.41) is 8.78. The maximum Gasteiger partial charge on any atom is 0.317 e. The highest BCUT2D eigenvalue weighted by atomic mass is 79.9. The smallest absolute Gasteiger partial charge is 0.317 e. The largest absolute Gasteiger partial charge is 0.493 e. The molecule has 1 unspecified atom stereocenters. The number of benzene rings is 1. The van der Waals surface area contributed by atoms with Gasteiger partial charge in [0.1, 0.15) is 5.75 Å². The first-order valence-electron chi connectivity index (χ1n) is 7.38. The van der Waals surface area contributed by atoms with Crippen molar-refractivity contribution < 1.29 is 14.6 Å². The van der Waals surface area contributed by atoms with Gasteiger partial charge < -0.3 is 9.84 Å². The molecule has 1 aliphatic heterocycles. The minimum atomic E-state index is -0.732. The van der Waals surface area contributed by atoms with Crippen LogP contribution in [0.25, 0.3) is 0 Å². The van der Waals surface area contributed by atoms with Gasteiger partial charge in [-0.15, -0.1) is 0 Å². The molecule has 1 aromatic carbocycles. The number of carboxylic acid groups (broad SMARTS) is 1. The molecule has 1 aromatic rings. The van der Waals surface area contributed by atoms with Crippen molar-refractivity contribution in [2.45, 2.75) is 26.2 Å². The standard InChI is InChI=1S/C16H22BrNO3/c1-12-14(17)5-2-6-15(12)21-9-3-4-13-7-8-18(10-13)11-16(19)20/h2,5-6,13H,3-4,7-11H2,1H3,(H,19,20). The molecular formula is C16H22BrNO3. The first-order valence-corrected chi connectivity index (χ1v) is 8.17. The van der Waals surface area contributed by atoms with Crippen LogP contribution in [-0.2, 0) is 4.79 Å². The summed E-state index contributed by atoms with van der Waals surface area (Å²) in [6.45, 7) is 4.74. The fourth-order valence-corrected chi connectivity index (χ4v) is 3.13. The van der Waals surface area contributed by atoms with Crippen molar-refractivity contribution in [1.82, 2.24) is 4.90 Å². The maximum atomic E-state index is 10.7. The molecule has 21 heavy (non-hydrogen) atoms. The van der Waals surface area contributed by atoms with Crippen molar-refractivity contribution in [3.8, 4) is 5.75 Å². The van der Waals surface area contributed by atoms with Gasteiger partial charge in [-0.25, -0.2) is 0 Å². The Morgan fingerprint density at radius 1 is 1.52 bits per heavy atom. The zero-order chi connectivity index (χ0) is 15.2. The molecule has 2 rings (SSSR count). The van der Waals surface area contributed by atoms with E-state index in [2.05, 4.69) is 15.9 Å². The van der Waals surface area contributed by atoms with Crippen LogP contribution in [0, 0.1) is 12.8 Å². The second-order valence-corrected chi connectivity index (χ2v) is 6.49. The lowest BCUT2D eigenvalue weighted by Crippen LogP contribution is -2.27. The lowest BCUT2D eigenvalue weighted by atomic mass is 10.0. The zero-order valence-corrected chi connectivity index (χ0v) is 13.9. The van der Waals surface area contributed by atoms with Crippen molar-refractivity contribution in [3.63, 3.8) is 0 Å². The summed E-state index contributed by atoms with van der Waals surface area (Å²) < 4.78 is 6.90. The van der Waals surface area contributed by atoms with E-state index in [0.29, 0.717) is 12.5 Å². The molecule has 0 aromatic heterocycles. The van der Waals surface area contributed by atoms with E-state index in [1.54, 1.807) is 0 Å². The van der Waals surface area contributed by atoms with Crippen LogP contribution >= 0.6 is 15.9 Å². The number of hydrogen-bond acceptors (Lipinski definition) is 3. The molecule has 4 nitrogen and oxygen atoms in total. The van der Waals surface area contributed by atoms with Crippen LogP contribution in [0.4, 0.5) is 0 Å². The monoisotopic (exact) mass is 355 g/mol. The highest BCUT2D eigenvalue weighted by Gasteiger charge is 2.23. The van der Waals surface area contributed by atoms with Crippen LogP contribution in [-0.4, -0.2) is 42.2 Å². The number of hydrogen-bond donors (Lipinski definition) is 1. The third-order valence-electron chi connectivity index (χ3n) is 3.96. The Hall–Kier alpha value is -1.07. The summed E-state index contributed by atoms with van der Waals surface area (Å²) in [6, 6.07) is 5.98. The van der Waals surface area contributed by atoms with Crippen LogP contribution < -0.4 is 4.74 Å². The highest BCUT2D eigenvalue weighted by molar-refractivity contribution is 9.10. The maximum absolute atomic E-state index is 10.7. The molecule has 1 saturated heterocycles. The fourth-order valence-electron chi connectivity index (χ4n) is 2.78. The Labute approximate surface area is 134 Å². The predicted molar refractivity (Wildman–Crippen MR) is 85.8 cm³/mol. The number of nitrogens with zero attached hydrogens (tertiary/aromatic N) is 1. The summed E-state index contributed by atoms with van der Waals surface area (Å²) in [5.41, 5.74) is 1.13. The first-order chi connectivity index (χ1) is 10.1. The van der Waals surface area contributed by atoms with Gasteiger partial charge >= 0.3 is 5.97 Å². The second kappa shape index (κ2) is 7.80. The molecule has 116 valence electrons. The first kappa shape index (κ1) is 16.3. The summed E-state index contributed by atoms with van der Waals surface area (Å²) in [7, 11) is 0. The Morgan fingerprint density at radius 2 is 2.33 bits per heavy atom. The molecule has 1 aliphatic rings. The summed E-state index contributed by atoms with van der Waals surface area (Å²) in [6.07, 6.45) is 3.21. The van der Waals surface area contributed by atoms with Gasteiger partial charge in [-0.3, -0.25) is 9.69 Å². The van der Waals surface area contributed by atoms with Crippen LogP contribution in [0.5, 0.6) is 5.75 Å². The minimum absolute atomic E-state index is 0.171. The molecule has 0 saturated carbocycles. The summed E-state index contributed by atoms with van der Waals surface area (Å²) >= 11 is 3.50. The molecular weight excluding hydrogens is 334 g/mol. The van der Waals surface area contributed by atoms with Gasteiger partial charge in [0.25, 0.3) is 0 Å². The van der Waals surface area contributed by atoms with Crippen LogP contribution in [0.15, 0.2) is 22.7 Å². The lowest BCUT2D eigenvalue weighted by Gasteiger charge is -2.14. The van der Waals surface area contributed by atoms with E-state index in [1.807, 2.05) is 30.0 Å². The Kier molecular flexibility index (Phi) is 6.06. The number of likely N-dealkylation sites (tertiary alicyclic amines) is 1. The zero-order valence-electron chi connectivity index (χ0n) is 12.3. The highest BCUT2D eigenvalue weighted by Crippen LogP contribution is 2.26. The molecule has 5 heteroatoms. The Balaban J connectivity index is 1.66. The third kappa shape index (κ3) is 5.00. The van der Waals surface area contributed by atoms with Crippen molar-refractivity contribution in [1.29, 1.82) is 0 Å². The van der Waals surface area contributed by atoms with Crippen molar-refractivity contribution in [2.75, 3.05) is 26.2 Å². The van der Waals surface area contributed by atoms with E-state index < -0.39 is 5.97 Å². The number of aliphatic carboxylic acids is 1. The molecule has 1 fully saturated rings. The van der Waals surface area contributed by atoms with E-state index in [4.69, 9.17) is 9.84 Å². The van der Waals surface area contributed by atoms with Crippen LogP contribution in [0.1, 0.15) is 24.8 Å². The quantitative estimate of drug-likeness (QED) is 0.762. The molecule has 0 amide bonds. The minimum Gasteiger partial charge on any atom is -0.493 e. The van der Waals surface area contributed by atoms with Gasteiger partial charge in [-0.05, 0) is 50.8 Å². The van der Waals surface area contributed by atoms with Gasteiger partial charge in [-0.1, -0.05) is 22.0 Å². The predicted octanol–water partition coefficient (Wildman–Crippen LogP) is 3.32. The van der Waals surface area contributed by atoms with Crippen molar-refractivity contribution in [2.24, 2.45) is 5.92 Å². The van der Waals surface area contributed by atoms with Gasteiger partial charge in [0.15, 0.2) is 0 Å². The van der Waals surface area contributed by atoms with Crippen molar-refractivity contribution in [3.05, 3.63) is 28.2 Å². The van der Waals surface area contributed by atoms with Gasteiger partial charge in [0, 0.05) is 16.6 Å². The Morgan fingerprint density at radius 3 is 3.10 bits per heavy atom. The molecule has 1 atom stereocenters. The van der Waals surface area contributed by atoms with Gasteiger partial charge in [-0.2, -0.15) is 0 Å². The topological polar surface area (TPSA) is 49.8 Å². The number of ether oxygens (including phenoxy) is 1. The number of carbonyl (C=O) groups is 1. The van der Waals surface area contributed by atoms with Gasteiger partial charge in [0.05, 0.1) is 13.2 Å².